The molecule has 39 heavy (non-hydrogen) atoms. The van der Waals surface area contributed by atoms with Crippen molar-refractivity contribution in [1.82, 2.24) is 14.4 Å². The van der Waals surface area contributed by atoms with Crippen LogP contribution in [0.5, 0.6) is 5.75 Å². The van der Waals surface area contributed by atoms with Gasteiger partial charge in [-0.1, -0.05) is 18.2 Å². The molecule has 0 radical (unpaired) electrons. The number of likely N-dealkylation sites (tertiary alicyclic amines) is 1. The van der Waals surface area contributed by atoms with Gasteiger partial charge in [-0.05, 0) is 92.9 Å². The van der Waals surface area contributed by atoms with Gasteiger partial charge in [-0.15, -0.1) is 0 Å². The predicted octanol–water partition coefficient (Wildman–Crippen LogP) is 5.86. The Hall–Kier alpha value is -3.85. The van der Waals surface area contributed by atoms with Crippen LogP contribution in [0.25, 0.3) is 11.8 Å². The van der Waals surface area contributed by atoms with Crippen LogP contribution in [-0.2, 0) is 16.2 Å². The van der Waals surface area contributed by atoms with Gasteiger partial charge in [-0.3, -0.25) is 19.3 Å². The van der Waals surface area contributed by atoms with E-state index in [1.54, 1.807) is 29.2 Å². The van der Waals surface area contributed by atoms with Gasteiger partial charge >= 0.3 is 0 Å². The van der Waals surface area contributed by atoms with Gasteiger partial charge in [0.25, 0.3) is 11.1 Å². The molecule has 2 fully saturated rings. The fraction of sp³-hybridized carbons (Fsp3) is 0.300. The molecule has 0 unspecified atom stereocenters. The molecule has 3 heterocycles. The molecule has 0 saturated carbocycles. The molecule has 3 aromatic rings. The molecule has 2 saturated heterocycles. The van der Waals surface area contributed by atoms with E-state index >= 15 is 0 Å². The molecule has 0 atom stereocenters. The fourth-order valence-corrected chi connectivity index (χ4v) is 5.78. The van der Waals surface area contributed by atoms with Gasteiger partial charge in [-0.2, -0.15) is 0 Å². The van der Waals surface area contributed by atoms with E-state index in [1.165, 1.54) is 6.07 Å². The molecule has 2 aromatic carbocycles. The van der Waals surface area contributed by atoms with Crippen LogP contribution in [0.1, 0.15) is 41.8 Å². The molecule has 2 aliphatic heterocycles. The second kappa shape index (κ2) is 11.5. The predicted molar refractivity (Wildman–Crippen MR) is 149 cm³/mol. The lowest BCUT2D eigenvalue weighted by atomic mass is 10.1. The minimum absolute atomic E-state index is 0.135. The molecule has 0 aliphatic carbocycles. The van der Waals surface area contributed by atoms with Crippen LogP contribution in [0.4, 0.5) is 9.18 Å². The Labute approximate surface area is 231 Å². The van der Waals surface area contributed by atoms with Crippen molar-refractivity contribution in [2.24, 2.45) is 0 Å². The van der Waals surface area contributed by atoms with Crippen molar-refractivity contribution >= 4 is 34.9 Å². The highest BCUT2D eigenvalue weighted by Gasteiger charge is 2.37. The van der Waals surface area contributed by atoms with Gasteiger partial charge in [0.1, 0.15) is 24.7 Å². The second-order valence-corrected chi connectivity index (χ2v) is 10.7. The highest BCUT2D eigenvalue weighted by Crippen LogP contribution is 2.34. The van der Waals surface area contributed by atoms with E-state index in [9.17, 15) is 18.8 Å². The molecule has 2 aliphatic rings. The molecule has 0 bridgehead atoms. The number of carbonyl (C=O) groups excluding carboxylic acids is 3. The Balaban J connectivity index is 1.29. The maximum atomic E-state index is 13.9. The lowest BCUT2D eigenvalue weighted by molar-refractivity contribution is -0.136. The first-order valence-electron chi connectivity index (χ1n) is 13.0. The van der Waals surface area contributed by atoms with Gasteiger partial charge in [-0.25, -0.2) is 4.39 Å². The number of imide groups is 1. The number of ether oxygens (including phenoxy) is 1. The first-order chi connectivity index (χ1) is 18.8. The smallest absolute Gasteiger partial charge is 0.294 e. The van der Waals surface area contributed by atoms with E-state index in [2.05, 4.69) is 4.57 Å². The largest absolute Gasteiger partial charge is 0.489 e. The van der Waals surface area contributed by atoms with E-state index in [0.717, 1.165) is 58.6 Å². The van der Waals surface area contributed by atoms with Crippen LogP contribution in [0.2, 0.25) is 0 Å². The number of halogens is 1. The van der Waals surface area contributed by atoms with Gasteiger partial charge in [0.2, 0.25) is 5.91 Å². The van der Waals surface area contributed by atoms with Gasteiger partial charge in [0.15, 0.2) is 0 Å². The Morgan fingerprint density at radius 2 is 1.74 bits per heavy atom. The van der Waals surface area contributed by atoms with Crippen LogP contribution in [0.15, 0.2) is 59.5 Å². The quantitative estimate of drug-likeness (QED) is 0.347. The maximum absolute atomic E-state index is 13.9. The molecule has 0 spiro atoms. The first kappa shape index (κ1) is 26.7. The van der Waals surface area contributed by atoms with Gasteiger partial charge in [0.05, 0.1) is 4.91 Å². The molecular formula is C30H30FN3O4S. The van der Waals surface area contributed by atoms with Crippen molar-refractivity contribution in [2.75, 3.05) is 19.6 Å². The van der Waals surface area contributed by atoms with Gasteiger partial charge in [0, 0.05) is 35.7 Å². The zero-order valence-electron chi connectivity index (χ0n) is 22.0. The number of benzene rings is 2. The fourth-order valence-electron chi connectivity index (χ4n) is 4.96. The number of hydrogen-bond donors (Lipinski definition) is 0. The van der Waals surface area contributed by atoms with E-state index in [4.69, 9.17) is 4.74 Å². The van der Waals surface area contributed by atoms with Gasteiger partial charge < -0.3 is 14.2 Å². The van der Waals surface area contributed by atoms with Crippen molar-refractivity contribution in [3.05, 3.63) is 87.8 Å². The number of amides is 3. The van der Waals surface area contributed by atoms with E-state index in [1.807, 2.05) is 44.2 Å². The summed E-state index contributed by atoms with van der Waals surface area (Å²) in [5.41, 5.74) is 4.08. The second-order valence-electron chi connectivity index (χ2n) is 9.75. The molecular weight excluding hydrogens is 517 g/mol. The summed E-state index contributed by atoms with van der Waals surface area (Å²) >= 11 is 0.867. The summed E-state index contributed by atoms with van der Waals surface area (Å²) in [5.74, 6) is -0.293. The molecule has 202 valence electrons. The van der Waals surface area contributed by atoms with E-state index in [-0.39, 0.29) is 24.9 Å². The van der Waals surface area contributed by atoms with E-state index < -0.39 is 11.1 Å². The average Bonchev–Trinajstić information content (AvgIpc) is 3.37. The summed E-state index contributed by atoms with van der Waals surface area (Å²) in [6, 6.07) is 16.0. The topological polar surface area (TPSA) is 71.9 Å². The van der Waals surface area contributed by atoms with E-state index in [0.29, 0.717) is 29.3 Å². The third kappa shape index (κ3) is 5.78. The highest BCUT2D eigenvalue weighted by molar-refractivity contribution is 8.18. The minimum Gasteiger partial charge on any atom is -0.489 e. The van der Waals surface area contributed by atoms with Crippen molar-refractivity contribution in [3.63, 3.8) is 0 Å². The number of carbonyl (C=O) groups is 3. The Kier molecular flexibility index (Phi) is 7.88. The molecule has 5 rings (SSSR count). The number of nitrogens with zero attached hydrogens (tertiary/aromatic N) is 3. The summed E-state index contributed by atoms with van der Waals surface area (Å²) < 4.78 is 21.7. The van der Waals surface area contributed by atoms with Crippen molar-refractivity contribution in [2.45, 2.75) is 39.7 Å². The third-order valence-electron chi connectivity index (χ3n) is 7.08. The number of aromatic nitrogens is 1. The maximum Gasteiger partial charge on any atom is 0.294 e. The number of piperidine rings is 1. The highest BCUT2D eigenvalue weighted by atomic mass is 32.2. The Morgan fingerprint density at radius 3 is 2.46 bits per heavy atom. The molecule has 1 aromatic heterocycles. The summed E-state index contributed by atoms with van der Waals surface area (Å²) in [6.45, 7) is 5.19. The first-order valence-corrected chi connectivity index (χ1v) is 13.8. The Bertz CT molecular complexity index is 1440. The standard InChI is InChI=1S/C30H30FN3O4S/c1-20-16-23(17-27-29(36)33(30(37)39-27)18-28(35)32-14-6-3-7-15-32)21(2)34(20)24-10-12-25(13-11-24)38-19-22-8-4-5-9-26(22)31/h4-5,8-13,16-17H,3,6-7,14-15,18-19H2,1-2H3/b27-17-. The molecule has 3 amide bonds. The van der Waals surface area contributed by atoms with Crippen molar-refractivity contribution < 1.29 is 23.5 Å². The molecule has 7 nitrogen and oxygen atoms in total. The van der Waals surface area contributed by atoms with Crippen LogP contribution in [0, 0.1) is 19.7 Å². The molecule has 0 N–H and O–H groups in total. The summed E-state index contributed by atoms with van der Waals surface area (Å²) in [4.78, 5) is 41.4. The average molecular weight is 548 g/mol. The van der Waals surface area contributed by atoms with Crippen molar-refractivity contribution in [3.8, 4) is 11.4 Å². The number of hydrogen-bond acceptors (Lipinski definition) is 5. The lowest BCUT2D eigenvalue weighted by Crippen LogP contribution is -2.44. The number of thioether (sulfide) groups is 1. The Morgan fingerprint density at radius 1 is 1.03 bits per heavy atom. The number of aryl methyl sites for hydroxylation is 1. The monoisotopic (exact) mass is 547 g/mol. The van der Waals surface area contributed by atoms with Crippen LogP contribution >= 0.6 is 11.8 Å². The van der Waals surface area contributed by atoms with Crippen LogP contribution < -0.4 is 4.74 Å². The summed E-state index contributed by atoms with van der Waals surface area (Å²) in [6.07, 6.45) is 4.72. The third-order valence-corrected chi connectivity index (χ3v) is 7.99. The van der Waals surface area contributed by atoms with Crippen molar-refractivity contribution in [1.29, 1.82) is 0 Å². The molecule has 9 heteroatoms. The summed E-state index contributed by atoms with van der Waals surface area (Å²) in [7, 11) is 0. The van der Waals surface area contributed by atoms with Crippen LogP contribution in [-0.4, -0.2) is 51.1 Å². The lowest BCUT2D eigenvalue weighted by Gasteiger charge is -2.27. The zero-order valence-corrected chi connectivity index (χ0v) is 22.8. The summed E-state index contributed by atoms with van der Waals surface area (Å²) in [5, 5.41) is -0.420. The van der Waals surface area contributed by atoms with Crippen LogP contribution in [0.3, 0.4) is 0 Å². The normalized spacial score (nSPS) is 16.8. The number of rotatable bonds is 7. The SMILES string of the molecule is Cc1cc(/C=C2\SC(=O)N(CC(=O)N3CCCCC3)C2=O)c(C)n1-c1ccc(OCc2ccccc2F)cc1. The minimum atomic E-state index is -0.434. The zero-order chi connectivity index (χ0) is 27.5.